The summed E-state index contributed by atoms with van der Waals surface area (Å²) in [6, 6.07) is 14.4. The van der Waals surface area contributed by atoms with Gasteiger partial charge in [-0.2, -0.15) is 0 Å². The molecule has 3 rings (SSSR count). The van der Waals surface area contributed by atoms with E-state index in [0.717, 1.165) is 22.0 Å². The summed E-state index contributed by atoms with van der Waals surface area (Å²) in [6.07, 6.45) is 0. The van der Waals surface area contributed by atoms with Crippen LogP contribution in [0.3, 0.4) is 0 Å². The molecule has 0 saturated carbocycles. The molecule has 1 aromatic heterocycles. The van der Waals surface area contributed by atoms with Crippen molar-refractivity contribution in [1.82, 2.24) is 4.57 Å². The molecule has 0 saturated heterocycles. The van der Waals surface area contributed by atoms with E-state index in [9.17, 15) is 9.90 Å². The Labute approximate surface area is 115 Å². The number of aromatic carboxylic acids is 1. The molecular formula is C16H13NO3. The number of carbonyl (C=O) groups is 1. The molecule has 20 heavy (non-hydrogen) atoms. The van der Waals surface area contributed by atoms with Crippen molar-refractivity contribution in [3.8, 4) is 16.9 Å². The van der Waals surface area contributed by atoms with Gasteiger partial charge in [0, 0.05) is 18.0 Å². The Morgan fingerprint density at radius 1 is 1.05 bits per heavy atom. The molecule has 0 amide bonds. The number of phenols is 1. The van der Waals surface area contributed by atoms with E-state index in [1.807, 2.05) is 24.3 Å². The molecule has 0 aliphatic heterocycles. The highest BCUT2D eigenvalue weighted by Gasteiger charge is 2.12. The summed E-state index contributed by atoms with van der Waals surface area (Å²) in [4.78, 5) is 11.1. The van der Waals surface area contributed by atoms with Crippen LogP contribution in [0.25, 0.3) is 22.0 Å². The Balaban J connectivity index is 2.18. The monoisotopic (exact) mass is 267 g/mol. The van der Waals surface area contributed by atoms with Gasteiger partial charge in [0.25, 0.3) is 0 Å². The van der Waals surface area contributed by atoms with E-state index in [-0.39, 0.29) is 11.4 Å². The summed E-state index contributed by atoms with van der Waals surface area (Å²) in [6.45, 7) is 0. The Hall–Kier alpha value is -2.75. The lowest BCUT2D eigenvalue weighted by Crippen LogP contribution is -2.03. The molecule has 0 radical (unpaired) electrons. The van der Waals surface area contributed by atoms with E-state index in [0.29, 0.717) is 0 Å². The first-order valence-electron chi connectivity index (χ1n) is 6.18. The molecule has 3 aromatic rings. The second-order valence-corrected chi connectivity index (χ2v) is 4.72. The number of hydrogen-bond donors (Lipinski definition) is 2. The van der Waals surface area contributed by atoms with E-state index < -0.39 is 5.97 Å². The summed E-state index contributed by atoms with van der Waals surface area (Å²) in [5.41, 5.74) is 2.96. The first-order chi connectivity index (χ1) is 9.56. The molecule has 0 bridgehead atoms. The fourth-order valence-electron chi connectivity index (χ4n) is 2.42. The Kier molecular flexibility index (Phi) is 2.71. The van der Waals surface area contributed by atoms with Gasteiger partial charge >= 0.3 is 5.97 Å². The lowest BCUT2D eigenvalue weighted by atomic mass is 10.0. The Morgan fingerprint density at radius 2 is 1.80 bits per heavy atom. The van der Waals surface area contributed by atoms with Crippen LogP contribution in [0.15, 0.2) is 48.5 Å². The van der Waals surface area contributed by atoms with Crippen LogP contribution in [0.1, 0.15) is 10.5 Å². The van der Waals surface area contributed by atoms with Crippen molar-refractivity contribution in [3.05, 3.63) is 54.2 Å². The number of hydrogen-bond acceptors (Lipinski definition) is 2. The van der Waals surface area contributed by atoms with E-state index in [2.05, 4.69) is 0 Å². The highest BCUT2D eigenvalue weighted by molar-refractivity contribution is 5.96. The van der Waals surface area contributed by atoms with Crippen LogP contribution in [0.4, 0.5) is 0 Å². The quantitative estimate of drug-likeness (QED) is 0.749. The number of aromatic nitrogens is 1. The van der Waals surface area contributed by atoms with Crippen LogP contribution in [0, 0.1) is 0 Å². The number of aromatic hydroxyl groups is 1. The van der Waals surface area contributed by atoms with Gasteiger partial charge in [-0.05, 0) is 41.5 Å². The Bertz CT molecular complexity index is 818. The molecule has 1 heterocycles. The maximum atomic E-state index is 11.1. The van der Waals surface area contributed by atoms with Crippen LogP contribution in [-0.4, -0.2) is 20.7 Å². The number of nitrogens with zero attached hydrogens (tertiary/aromatic N) is 1. The van der Waals surface area contributed by atoms with Gasteiger partial charge in [0.1, 0.15) is 11.4 Å². The summed E-state index contributed by atoms with van der Waals surface area (Å²) in [5, 5.41) is 19.5. The minimum Gasteiger partial charge on any atom is -0.508 e. The maximum absolute atomic E-state index is 11.1. The highest BCUT2D eigenvalue weighted by atomic mass is 16.4. The van der Waals surface area contributed by atoms with Gasteiger partial charge < -0.3 is 14.8 Å². The third-order valence-electron chi connectivity index (χ3n) is 3.44. The van der Waals surface area contributed by atoms with E-state index in [1.54, 1.807) is 35.9 Å². The first kappa shape index (κ1) is 12.3. The van der Waals surface area contributed by atoms with Crippen molar-refractivity contribution in [2.45, 2.75) is 0 Å². The zero-order valence-corrected chi connectivity index (χ0v) is 10.9. The molecular weight excluding hydrogens is 254 g/mol. The maximum Gasteiger partial charge on any atom is 0.352 e. The predicted molar refractivity (Wildman–Crippen MR) is 77.0 cm³/mol. The predicted octanol–water partition coefficient (Wildman–Crippen LogP) is 3.25. The third-order valence-corrected chi connectivity index (χ3v) is 3.44. The van der Waals surface area contributed by atoms with Crippen molar-refractivity contribution in [3.63, 3.8) is 0 Å². The number of aryl methyl sites for hydroxylation is 1. The highest BCUT2D eigenvalue weighted by Crippen LogP contribution is 2.28. The van der Waals surface area contributed by atoms with Crippen molar-refractivity contribution in [2.24, 2.45) is 7.05 Å². The molecule has 4 heteroatoms. The van der Waals surface area contributed by atoms with Crippen LogP contribution in [-0.2, 0) is 7.05 Å². The summed E-state index contributed by atoms with van der Waals surface area (Å²) in [7, 11) is 1.74. The molecule has 0 aliphatic rings. The van der Waals surface area contributed by atoms with Gasteiger partial charge in [-0.25, -0.2) is 4.79 Å². The number of rotatable bonds is 2. The fourth-order valence-corrected chi connectivity index (χ4v) is 2.42. The van der Waals surface area contributed by atoms with E-state index >= 15 is 0 Å². The van der Waals surface area contributed by atoms with Gasteiger partial charge in [0.05, 0.1) is 0 Å². The minimum absolute atomic E-state index is 0.210. The average molecular weight is 267 g/mol. The standard InChI is InChI=1S/C16H13NO3/c1-17-14-6-5-11(10-3-2-4-13(18)8-10)7-12(14)9-15(17)16(19)20/h2-9,18H,1H3,(H,19,20). The number of carboxylic acid groups (broad SMARTS) is 1. The second kappa shape index (κ2) is 4.42. The first-order valence-corrected chi connectivity index (χ1v) is 6.18. The van der Waals surface area contributed by atoms with Crippen LogP contribution < -0.4 is 0 Å². The second-order valence-electron chi connectivity index (χ2n) is 4.72. The van der Waals surface area contributed by atoms with Gasteiger partial charge in [0.15, 0.2) is 0 Å². The van der Waals surface area contributed by atoms with Crippen molar-refractivity contribution < 1.29 is 15.0 Å². The Morgan fingerprint density at radius 3 is 2.50 bits per heavy atom. The van der Waals surface area contributed by atoms with Crippen LogP contribution in [0.2, 0.25) is 0 Å². The molecule has 4 nitrogen and oxygen atoms in total. The molecule has 2 N–H and O–H groups in total. The largest absolute Gasteiger partial charge is 0.508 e. The van der Waals surface area contributed by atoms with Gasteiger partial charge in [-0.1, -0.05) is 18.2 Å². The smallest absolute Gasteiger partial charge is 0.352 e. The number of phenolic OH excluding ortho intramolecular Hbond substituents is 1. The number of fused-ring (bicyclic) bond motifs is 1. The van der Waals surface area contributed by atoms with Gasteiger partial charge in [0.2, 0.25) is 0 Å². The summed E-state index contributed by atoms with van der Waals surface area (Å²) >= 11 is 0. The zero-order valence-electron chi connectivity index (χ0n) is 10.9. The summed E-state index contributed by atoms with van der Waals surface area (Å²) in [5.74, 6) is -0.732. The normalized spacial score (nSPS) is 10.8. The minimum atomic E-state index is -0.942. The topological polar surface area (TPSA) is 62.5 Å². The molecule has 100 valence electrons. The molecule has 0 aliphatic carbocycles. The van der Waals surface area contributed by atoms with E-state index in [1.165, 1.54) is 0 Å². The summed E-state index contributed by atoms with van der Waals surface area (Å²) < 4.78 is 1.66. The van der Waals surface area contributed by atoms with Crippen LogP contribution >= 0.6 is 0 Å². The van der Waals surface area contributed by atoms with Gasteiger partial charge in [-0.15, -0.1) is 0 Å². The lowest BCUT2D eigenvalue weighted by molar-refractivity contribution is 0.0687. The molecule has 0 unspecified atom stereocenters. The molecule has 0 atom stereocenters. The third kappa shape index (κ3) is 1.91. The van der Waals surface area contributed by atoms with Crippen LogP contribution in [0.5, 0.6) is 5.75 Å². The molecule has 0 fully saturated rings. The van der Waals surface area contributed by atoms with Crippen molar-refractivity contribution in [2.75, 3.05) is 0 Å². The van der Waals surface area contributed by atoms with Gasteiger partial charge in [-0.3, -0.25) is 0 Å². The van der Waals surface area contributed by atoms with Crippen molar-refractivity contribution in [1.29, 1.82) is 0 Å². The SMILES string of the molecule is Cn1c(C(=O)O)cc2cc(-c3cccc(O)c3)ccc21. The van der Waals surface area contributed by atoms with E-state index in [4.69, 9.17) is 5.11 Å². The average Bonchev–Trinajstić information content (AvgIpc) is 2.76. The molecule has 2 aromatic carbocycles. The van der Waals surface area contributed by atoms with Crippen molar-refractivity contribution >= 4 is 16.9 Å². The number of carboxylic acids is 1. The number of benzene rings is 2. The fraction of sp³-hybridized carbons (Fsp3) is 0.0625. The zero-order chi connectivity index (χ0) is 14.3. The lowest BCUT2D eigenvalue weighted by Gasteiger charge is -2.04. The molecule has 0 spiro atoms.